The van der Waals surface area contributed by atoms with Gasteiger partial charge >= 0.3 is 6.18 Å². The van der Waals surface area contributed by atoms with Crippen LogP contribution in [0.3, 0.4) is 0 Å². The number of piperazine rings is 1. The van der Waals surface area contributed by atoms with Crippen molar-refractivity contribution >= 4 is 5.91 Å². The van der Waals surface area contributed by atoms with E-state index in [1.54, 1.807) is 35.2 Å². The average Bonchev–Trinajstić information content (AvgIpc) is 2.68. The van der Waals surface area contributed by atoms with Crippen LogP contribution in [0.5, 0.6) is 5.75 Å². The number of rotatable bonds is 5. The van der Waals surface area contributed by atoms with Crippen LogP contribution in [0.15, 0.2) is 48.5 Å². The second-order valence-electron chi connectivity index (χ2n) is 6.72. The molecule has 0 radical (unpaired) electrons. The van der Waals surface area contributed by atoms with E-state index < -0.39 is 11.7 Å². The van der Waals surface area contributed by atoms with Gasteiger partial charge in [-0.1, -0.05) is 18.2 Å². The average molecular weight is 392 g/mol. The molecule has 1 aliphatic heterocycles. The molecule has 28 heavy (non-hydrogen) atoms. The maximum Gasteiger partial charge on any atom is 0.416 e. The molecule has 0 unspecified atom stereocenters. The van der Waals surface area contributed by atoms with Crippen molar-refractivity contribution in [1.82, 2.24) is 9.80 Å². The summed E-state index contributed by atoms with van der Waals surface area (Å²) < 4.78 is 43.9. The van der Waals surface area contributed by atoms with Crippen LogP contribution in [0.4, 0.5) is 13.2 Å². The Hall–Kier alpha value is -2.54. The fourth-order valence-corrected chi connectivity index (χ4v) is 3.26. The van der Waals surface area contributed by atoms with Gasteiger partial charge in [-0.3, -0.25) is 9.69 Å². The Balaban J connectivity index is 1.55. The van der Waals surface area contributed by atoms with E-state index in [9.17, 15) is 18.0 Å². The Morgan fingerprint density at radius 1 is 1.04 bits per heavy atom. The van der Waals surface area contributed by atoms with Crippen LogP contribution in [-0.4, -0.2) is 48.5 Å². The minimum atomic E-state index is -4.33. The molecule has 0 aromatic heterocycles. The third-order valence-corrected chi connectivity index (χ3v) is 4.73. The smallest absolute Gasteiger partial charge is 0.416 e. The van der Waals surface area contributed by atoms with E-state index in [0.29, 0.717) is 50.5 Å². The van der Waals surface area contributed by atoms with E-state index in [-0.39, 0.29) is 5.91 Å². The maximum atomic E-state index is 12.9. The molecule has 2 aromatic rings. The van der Waals surface area contributed by atoms with Crippen molar-refractivity contribution in [2.75, 3.05) is 32.8 Å². The fraction of sp³-hybridized carbons (Fsp3) is 0.381. The van der Waals surface area contributed by atoms with Crippen LogP contribution in [0.1, 0.15) is 28.4 Å². The highest BCUT2D eigenvalue weighted by atomic mass is 19.4. The highest BCUT2D eigenvalue weighted by molar-refractivity contribution is 5.94. The predicted octanol–water partition coefficient (Wildman–Crippen LogP) is 4.06. The Morgan fingerprint density at radius 3 is 2.32 bits per heavy atom. The molecule has 3 rings (SSSR count). The molecule has 0 aliphatic carbocycles. The minimum Gasteiger partial charge on any atom is -0.494 e. The molecule has 0 atom stereocenters. The first kappa shape index (κ1) is 20.2. The lowest BCUT2D eigenvalue weighted by molar-refractivity contribution is -0.137. The van der Waals surface area contributed by atoms with Gasteiger partial charge in [-0.15, -0.1) is 0 Å². The number of carbonyl (C=O) groups is 1. The van der Waals surface area contributed by atoms with E-state index in [2.05, 4.69) is 4.90 Å². The van der Waals surface area contributed by atoms with Gasteiger partial charge in [0.05, 0.1) is 12.2 Å². The van der Waals surface area contributed by atoms with Gasteiger partial charge in [0.2, 0.25) is 0 Å². The molecule has 1 saturated heterocycles. The van der Waals surface area contributed by atoms with Crippen molar-refractivity contribution in [1.29, 1.82) is 0 Å². The molecule has 1 heterocycles. The van der Waals surface area contributed by atoms with Crippen molar-refractivity contribution in [2.45, 2.75) is 19.6 Å². The Kier molecular flexibility index (Phi) is 6.24. The number of amides is 1. The van der Waals surface area contributed by atoms with Crippen molar-refractivity contribution in [2.24, 2.45) is 0 Å². The summed E-state index contributed by atoms with van der Waals surface area (Å²) in [5.74, 6) is 0.687. The molecule has 1 fully saturated rings. The molecule has 1 aliphatic rings. The molecule has 2 aromatic carbocycles. The summed E-state index contributed by atoms with van der Waals surface area (Å²) in [6.07, 6.45) is -4.33. The number of hydrogen-bond acceptors (Lipinski definition) is 3. The van der Waals surface area contributed by atoms with Gasteiger partial charge in [-0.25, -0.2) is 0 Å². The highest BCUT2D eigenvalue weighted by Gasteiger charge is 2.30. The van der Waals surface area contributed by atoms with Gasteiger partial charge in [-0.05, 0) is 42.8 Å². The van der Waals surface area contributed by atoms with Crippen molar-refractivity contribution in [3.8, 4) is 5.75 Å². The zero-order valence-electron chi connectivity index (χ0n) is 15.7. The van der Waals surface area contributed by atoms with E-state index >= 15 is 0 Å². The van der Waals surface area contributed by atoms with Gasteiger partial charge < -0.3 is 9.64 Å². The summed E-state index contributed by atoms with van der Waals surface area (Å²) >= 11 is 0. The Bertz CT molecular complexity index is 798. The summed E-state index contributed by atoms with van der Waals surface area (Å²) in [6.45, 7) is 5.25. The number of hydrogen-bond donors (Lipinski definition) is 0. The van der Waals surface area contributed by atoms with Crippen LogP contribution in [0, 0.1) is 0 Å². The molecule has 7 heteroatoms. The number of carbonyl (C=O) groups excluding carboxylic acids is 1. The minimum absolute atomic E-state index is 0.0400. The number of benzene rings is 2. The zero-order valence-corrected chi connectivity index (χ0v) is 15.7. The Morgan fingerprint density at radius 2 is 1.71 bits per heavy atom. The Labute approximate surface area is 162 Å². The summed E-state index contributed by atoms with van der Waals surface area (Å²) in [5.41, 5.74) is 0.602. The third-order valence-electron chi connectivity index (χ3n) is 4.73. The van der Waals surface area contributed by atoms with Crippen LogP contribution in [0.25, 0.3) is 0 Å². The lowest BCUT2D eigenvalue weighted by atomic mass is 10.1. The second-order valence-corrected chi connectivity index (χ2v) is 6.72. The number of ether oxygens (including phenoxy) is 1. The van der Waals surface area contributed by atoms with Crippen LogP contribution < -0.4 is 4.74 Å². The van der Waals surface area contributed by atoms with Crippen LogP contribution >= 0.6 is 0 Å². The van der Waals surface area contributed by atoms with Crippen LogP contribution in [-0.2, 0) is 12.7 Å². The molecule has 4 nitrogen and oxygen atoms in total. The standard InChI is InChI=1S/C21H23F3N2O2/c1-2-28-19-8-6-17(7-9-19)20(27)26-12-10-25(11-13-26)15-16-4-3-5-18(14-16)21(22,23)24/h3-9,14H,2,10-13,15H2,1H3. The lowest BCUT2D eigenvalue weighted by Crippen LogP contribution is -2.48. The SMILES string of the molecule is CCOc1ccc(C(=O)N2CCN(Cc3cccc(C(F)(F)F)c3)CC2)cc1. The summed E-state index contributed by atoms with van der Waals surface area (Å²) in [4.78, 5) is 16.5. The molecule has 0 N–H and O–H groups in total. The molecule has 0 saturated carbocycles. The first-order chi connectivity index (χ1) is 13.4. The topological polar surface area (TPSA) is 32.8 Å². The maximum absolute atomic E-state index is 12.9. The molecule has 0 bridgehead atoms. The van der Waals surface area contributed by atoms with Crippen molar-refractivity contribution in [3.05, 3.63) is 65.2 Å². The number of alkyl halides is 3. The molecule has 1 amide bonds. The van der Waals surface area contributed by atoms with Gasteiger partial charge in [-0.2, -0.15) is 13.2 Å². The lowest BCUT2D eigenvalue weighted by Gasteiger charge is -2.35. The van der Waals surface area contributed by atoms with E-state index in [0.717, 1.165) is 11.8 Å². The van der Waals surface area contributed by atoms with Gasteiger partial charge in [0.1, 0.15) is 5.75 Å². The normalized spacial score (nSPS) is 15.5. The van der Waals surface area contributed by atoms with Crippen LogP contribution in [0.2, 0.25) is 0 Å². The molecular formula is C21H23F3N2O2. The molecular weight excluding hydrogens is 369 g/mol. The number of halogens is 3. The summed E-state index contributed by atoms with van der Waals surface area (Å²) in [5, 5.41) is 0. The fourth-order valence-electron chi connectivity index (χ4n) is 3.26. The zero-order chi connectivity index (χ0) is 20.1. The van der Waals surface area contributed by atoms with E-state index in [1.807, 2.05) is 6.92 Å². The summed E-state index contributed by atoms with van der Waals surface area (Å²) in [6, 6.07) is 12.5. The monoisotopic (exact) mass is 392 g/mol. The van der Waals surface area contributed by atoms with Gasteiger partial charge in [0.25, 0.3) is 5.91 Å². The van der Waals surface area contributed by atoms with Gasteiger partial charge in [0.15, 0.2) is 0 Å². The van der Waals surface area contributed by atoms with E-state index in [1.165, 1.54) is 12.1 Å². The number of nitrogens with zero attached hydrogens (tertiary/aromatic N) is 2. The quantitative estimate of drug-likeness (QED) is 0.769. The largest absolute Gasteiger partial charge is 0.494 e. The summed E-state index contributed by atoms with van der Waals surface area (Å²) in [7, 11) is 0. The first-order valence-corrected chi connectivity index (χ1v) is 9.27. The predicted molar refractivity (Wildman–Crippen MR) is 100 cm³/mol. The molecule has 0 spiro atoms. The van der Waals surface area contributed by atoms with Crippen molar-refractivity contribution < 1.29 is 22.7 Å². The second kappa shape index (κ2) is 8.65. The van der Waals surface area contributed by atoms with Crippen molar-refractivity contribution in [3.63, 3.8) is 0 Å². The third kappa shape index (κ3) is 5.04. The van der Waals surface area contributed by atoms with Gasteiger partial charge in [0, 0.05) is 38.3 Å². The van der Waals surface area contributed by atoms with E-state index in [4.69, 9.17) is 4.74 Å². The highest BCUT2D eigenvalue weighted by Crippen LogP contribution is 2.29. The first-order valence-electron chi connectivity index (χ1n) is 9.27. The molecule has 150 valence electrons.